The van der Waals surface area contributed by atoms with Crippen LogP contribution in [0.15, 0.2) is 12.1 Å². The van der Waals surface area contributed by atoms with Crippen molar-refractivity contribution < 1.29 is 9.84 Å². The Kier molecular flexibility index (Phi) is 4.22. The van der Waals surface area contributed by atoms with Crippen LogP contribution >= 0.6 is 0 Å². The second kappa shape index (κ2) is 5.69. The third kappa shape index (κ3) is 3.02. The predicted octanol–water partition coefficient (Wildman–Crippen LogP) is 1.42. The summed E-state index contributed by atoms with van der Waals surface area (Å²) in [5.74, 6) is 0.399. The molecule has 0 bridgehead atoms. The van der Waals surface area contributed by atoms with E-state index in [1.807, 2.05) is 27.1 Å². The fourth-order valence-corrected chi connectivity index (χ4v) is 2.31. The van der Waals surface area contributed by atoms with Gasteiger partial charge in [-0.15, -0.1) is 0 Å². The number of nitrogens with one attached hydrogen (secondary N) is 1. The van der Waals surface area contributed by atoms with E-state index in [2.05, 4.69) is 16.3 Å². The first-order valence-corrected chi connectivity index (χ1v) is 6.37. The summed E-state index contributed by atoms with van der Waals surface area (Å²) in [4.78, 5) is 2.05. The molecule has 1 fully saturated rings. The Labute approximate surface area is 109 Å². The topological polar surface area (TPSA) is 44.7 Å². The largest absolute Gasteiger partial charge is 0.507 e. The Morgan fingerprint density at radius 2 is 2.22 bits per heavy atom. The van der Waals surface area contributed by atoms with Crippen LogP contribution in [0.5, 0.6) is 5.75 Å². The zero-order chi connectivity index (χ0) is 13.1. The molecule has 2 N–H and O–H groups in total. The van der Waals surface area contributed by atoms with Gasteiger partial charge in [-0.1, -0.05) is 0 Å². The first-order chi connectivity index (χ1) is 8.58. The van der Waals surface area contributed by atoms with Crippen LogP contribution in [0.25, 0.3) is 0 Å². The zero-order valence-corrected chi connectivity index (χ0v) is 11.4. The van der Waals surface area contributed by atoms with Crippen molar-refractivity contribution in [2.45, 2.75) is 19.6 Å². The summed E-state index contributed by atoms with van der Waals surface area (Å²) in [6.07, 6.45) is 0.0963. The van der Waals surface area contributed by atoms with Crippen LogP contribution in [-0.2, 0) is 11.3 Å². The second-order valence-electron chi connectivity index (χ2n) is 5.15. The molecule has 1 saturated heterocycles. The van der Waals surface area contributed by atoms with Crippen LogP contribution in [0.1, 0.15) is 22.8 Å². The molecular weight excluding hydrogens is 228 g/mol. The van der Waals surface area contributed by atoms with Crippen LogP contribution in [0.2, 0.25) is 0 Å². The van der Waals surface area contributed by atoms with Crippen molar-refractivity contribution >= 4 is 0 Å². The van der Waals surface area contributed by atoms with Crippen LogP contribution in [0.4, 0.5) is 0 Å². The van der Waals surface area contributed by atoms with Gasteiger partial charge in [-0.3, -0.25) is 0 Å². The molecule has 1 aliphatic rings. The number of aryl methyl sites for hydroxylation is 1. The van der Waals surface area contributed by atoms with E-state index in [1.165, 1.54) is 0 Å². The number of hydrogen-bond donors (Lipinski definition) is 2. The molecule has 1 aliphatic heterocycles. The van der Waals surface area contributed by atoms with E-state index in [1.54, 1.807) is 0 Å². The monoisotopic (exact) mass is 250 g/mol. The normalized spacial score (nSPS) is 20.3. The Morgan fingerprint density at radius 3 is 2.83 bits per heavy atom. The molecule has 0 radical (unpaired) electrons. The number of aromatic hydroxyl groups is 1. The van der Waals surface area contributed by atoms with Crippen LogP contribution in [-0.4, -0.2) is 43.8 Å². The average Bonchev–Trinajstić information content (AvgIpc) is 2.35. The number of nitrogens with zero attached hydrogens (tertiary/aromatic N) is 1. The lowest BCUT2D eigenvalue weighted by Gasteiger charge is -2.25. The van der Waals surface area contributed by atoms with Gasteiger partial charge in [0.2, 0.25) is 0 Å². The highest BCUT2D eigenvalue weighted by molar-refractivity contribution is 5.43. The molecule has 2 rings (SSSR count). The number of ether oxygens (including phenoxy) is 1. The molecule has 1 aromatic rings. The van der Waals surface area contributed by atoms with E-state index in [9.17, 15) is 5.11 Å². The number of rotatable bonds is 3. The molecule has 0 aliphatic carbocycles. The summed E-state index contributed by atoms with van der Waals surface area (Å²) in [6.45, 7) is 5.17. The van der Waals surface area contributed by atoms with E-state index in [0.29, 0.717) is 5.75 Å². The third-order valence-electron chi connectivity index (χ3n) is 3.19. The predicted molar refractivity (Wildman–Crippen MR) is 71.8 cm³/mol. The molecule has 0 amide bonds. The molecule has 0 aromatic heterocycles. The highest BCUT2D eigenvalue weighted by Gasteiger charge is 2.18. The molecule has 0 saturated carbocycles. The number of hydrogen-bond acceptors (Lipinski definition) is 4. The van der Waals surface area contributed by atoms with Crippen molar-refractivity contribution in [2.24, 2.45) is 0 Å². The van der Waals surface area contributed by atoms with Crippen molar-refractivity contribution in [1.29, 1.82) is 0 Å². The minimum absolute atomic E-state index is 0.0963. The minimum atomic E-state index is 0.0963. The van der Waals surface area contributed by atoms with Gasteiger partial charge in [0, 0.05) is 25.2 Å². The van der Waals surface area contributed by atoms with E-state index in [0.717, 1.165) is 42.9 Å². The summed E-state index contributed by atoms with van der Waals surface area (Å²) < 4.78 is 5.76. The second-order valence-corrected chi connectivity index (χ2v) is 5.15. The lowest BCUT2D eigenvalue weighted by Crippen LogP contribution is -2.33. The Morgan fingerprint density at radius 1 is 1.44 bits per heavy atom. The lowest BCUT2D eigenvalue weighted by molar-refractivity contribution is 0.0276. The maximum atomic E-state index is 10.1. The van der Waals surface area contributed by atoms with Crippen molar-refractivity contribution in [2.75, 3.05) is 33.8 Å². The molecule has 100 valence electrons. The van der Waals surface area contributed by atoms with E-state index in [-0.39, 0.29) is 6.10 Å². The van der Waals surface area contributed by atoms with Gasteiger partial charge in [0.05, 0.1) is 12.7 Å². The standard InChI is InChI=1S/C14H22N2O2/c1-10-6-11(13-8-15-4-5-18-13)7-12(14(10)17)9-16(2)3/h6-7,13,15,17H,4-5,8-9H2,1-3H3. The summed E-state index contributed by atoms with van der Waals surface area (Å²) in [6, 6.07) is 4.08. The molecule has 1 atom stereocenters. The van der Waals surface area contributed by atoms with Crippen LogP contribution < -0.4 is 5.32 Å². The molecule has 0 spiro atoms. The van der Waals surface area contributed by atoms with Gasteiger partial charge in [-0.05, 0) is 44.3 Å². The fraction of sp³-hybridized carbons (Fsp3) is 0.571. The van der Waals surface area contributed by atoms with Gasteiger partial charge in [0.25, 0.3) is 0 Å². The molecule has 4 nitrogen and oxygen atoms in total. The first kappa shape index (κ1) is 13.3. The molecule has 18 heavy (non-hydrogen) atoms. The quantitative estimate of drug-likeness (QED) is 0.851. The summed E-state index contributed by atoms with van der Waals surface area (Å²) in [5, 5.41) is 13.4. The number of morpholine rings is 1. The highest BCUT2D eigenvalue weighted by Crippen LogP contribution is 2.29. The van der Waals surface area contributed by atoms with Gasteiger partial charge in [-0.25, -0.2) is 0 Å². The van der Waals surface area contributed by atoms with E-state index < -0.39 is 0 Å². The van der Waals surface area contributed by atoms with Crippen LogP contribution in [0.3, 0.4) is 0 Å². The number of phenolic OH excluding ortho intramolecular Hbond substituents is 1. The molecule has 1 aromatic carbocycles. The zero-order valence-electron chi connectivity index (χ0n) is 11.4. The van der Waals surface area contributed by atoms with Crippen molar-refractivity contribution in [3.05, 3.63) is 28.8 Å². The smallest absolute Gasteiger partial charge is 0.122 e. The Balaban J connectivity index is 2.27. The number of phenols is 1. The maximum absolute atomic E-state index is 10.1. The lowest BCUT2D eigenvalue weighted by atomic mass is 10.00. The van der Waals surface area contributed by atoms with Crippen LogP contribution in [0, 0.1) is 6.92 Å². The van der Waals surface area contributed by atoms with Gasteiger partial charge in [0.1, 0.15) is 5.75 Å². The van der Waals surface area contributed by atoms with Crippen molar-refractivity contribution in [1.82, 2.24) is 10.2 Å². The maximum Gasteiger partial charge on any atom is 0.122 e. The Bertz CT molecular complexity index is 413. The average molecular weight is 250 g/mol. The molecule has 1 unspecified atom stereocenters. The van der Waals surface area contributed by atoms with E-state index >= 15 is 0 Å². The summed E-state index contributed by atoms with van der Waals surface area (Å²) >= 11 is 0. The fourth-order valence-electron chi connectivity index (χ4n) is 2.31. The van der Waals surface area contributed by atoms with Gasteiger partial charge >= 0.3 is 0 Å². The minimum Gasteiger partial charge on any atom is -0.507 e. The van der Waals surface area contributed by atoms with Gasteiger partial charge in [-0.2, -0.15) is 0 Å². The molecular formula is C14H22N2O2. The molecule has 1 heterocycles. The van der Waals surface area contributed by atoms with Crippen molar-refractivity contribution in [3.8, 4) is 5.75 Å². The van der Waals surface area contributed by atoms with E-state index in [4.69, 9.17) is 4.74 Å². The Hall–Kier alpha value is -1.10. The third-order valence-corrected chi connectivity index (χ3v) is 3.19. The number of benzene rings is 1. The first-order valence-electron chi connectivity index (χ1n) is 6.37. The summed E-state index contributed by atoms with van der Waals surface area (Å²) in [5.41, 5.74) is 3.03. The molecule has 4 heteroatoms. The van der Waals surface area contributed by atoms with Crippen molar-refractivity contribution in [3.63, 3.8) is 0 Å². The highest BCUT2D eigenvalue weighted by atomic mass is 16.5. The van der Waals surface area contributed by atoms with Gasteiger partial charge in [0.15, 0.2) is 0 Å². The SMILES string of the molecule is Cc1cc(C2CNCCO2)cc(CN(C)C)c1O. The van der Waals surface area contributed by atoms with Gasteiger partial charge < -0.3 is 20.1 Å². The summed E-state index contributed by atoms with van der Waals surface area (Å²) in [7, 11) is 4.00.